The third-order valence-corrected chi connectivity index (χ3v) is 3.89. The first-order chi connectivity index (χ1) is 11.0. The van der Waals surface area contributed by atoms with Crippen LogP contribution in [0, 0.1) is 0 Å². The summed E-state index contributed by atoms with van der Waals surface area (Å²) in [6.45, 7) is 10.0. The lowest BCUT2D eigenvalue weighted by Gasteiger charge is -2.21. The number of likely N-dealkylation sites (N-methyl/N-ethyl adjacent to an activating group) is 1. The van der Waals surface area contributed by atoms with Crippen LogP contribution < -0.4 is 10.2 Å². The molecule has 0 spiro atoms. The van der Waals surface area contributed by atoms with Crippen molar-refractivity contribution < 1.29 is 9.59 Å². The number of nitrogens with one attached hydrogen (secondary N) is 1. The summed E-state index contributed by atoms with van der Waals surface area (Å²) >= 11 is 0. The van der Waals surface area contributed by atoms with Gasteiger partial charge in [0.1, 0.15) is 0 Å². The number of rotatable bonds is 7. The van der Waals surface area contributed by atoms with Gasteiger partial charge < -0.3 is 15.1 Å². The summed E-state index contributed by atoms with van der Waals surface area (Å²) in [7, 11) is 0. The molecule has 2 rings (SSSR count). The summed E-state index contributed by atoms with van der Waals surface area (Å²) in [4.78, 5) is 27.5. The molecule has 0 bridgehead atoms. The van der Waals surface area contributed by atoms with Crippen molar-refractivity contribution in [3.8, 4) is 0 Å². The van der Waals surface area contributed by atoms with Gasteiger partial charge in [0.15, 0.2) is 0 Å². The van der Waals surface area contributed by atoms with Crippen LogP contribution in [-0.2, 0) is 9.59 Å². The van der Waals surface area contributed by atoms with Crippen molar-refractivity contribution in [2.24, 2.45) is 0 Å². The van der Waals surface area contributed by atoms with Crippen LogP contribution >= 0.6 is 0 Å². The molecule has 1 saturated heterocycles. The van der Waals surface area contributed by atoms with Crippen molar-refractivity contribution in [1.29, 1.82) is 0 Å². The molecule has 1 aromatic rings. The Morgan fingerprint density at radius 2 is 2.04 bits per heavy atom. The van der Waals surface area contributed by atoms with Crippen LogP contribution in [0.2, 0.25) is 0 Å². The van der Waals surface area contributed by atoms with Crippen LogP contribution in [0.3, 0.4) is 0 Å². The molecule has 0 atom stereocenters. The molecule has 5 heteroatoms. The van der Waals surface area contributed by atoms with Crippen LogP contribution in [0.25, 0.3) is 0 Å². The lowest BCUT2D eigenvalue weighted by molar-refractivity contribution is -0.128. The Morgan fingerprint density at radius 1 is 1.35 bits per heavy atom. The van der Waals surface area contributed by atoms with E-state index in [4.69, 9.17) is 0 Å². The van der Waals surface area contributed by atoms with Gasteiger partial charge in [-0.25, -0.2) is 0 Å². The highest BCUT2D eigenvalue weighted by atomic mass is 16.2. The molecule has 1 N–H and O–H groups in total. The maximum absolute atomic E-state index is 12.2. The first-order valence-electron chi connectivity index (χ1n) is 8.07. The molecule has 1 aliphatic rings. The molecule has 0 radical (unpaired) electrons. The van der Waals surface area contributed by atoms with E-state index >= 15 is 0 Å². The van der Waals surface area contributed by atoms with E-state index < -0.39 is 0 Å². The number of anilines is 2. The van der Waals surface area contributed by atoms with Crippen LogP contribution in [0.5, 0.6) is 0 Å². The summed E-state index contributed by atoms with van der Waals surface area (Å²) in [6.07, 6.45) is 1.55. The quantitative estimate of drug-likeness (QED) is 0.787. The average molecular weight is 315 g/mol. The third kappa shape index (κ3) is 4.58. The van der Waals surface area contributed by atoms with Crippen molar-refractivity contribution in [2.75, 3.05) is 36.4 Å². The summed E-state index contributed by atoms with van der Waals surface area (Å²) in [6, 6.07) is 7.65. The van der Waals surface area contributed by atoms with Gasteiger partial charge in [0.2, 0.25) is 11.8 Å². The number of benzene rings is 1. The number of hydrogen-bond donors (Lipinski definition) is 1. The summed E-state index contributed by atoms with van der Waals surface area (Å²) in [5, 5.41) is 3.14. The van der Waals surface area contributed by atoms with E-state index in [2.05, 4.69) is 11.9 Å². The highest BCUT2D eigenvalue weighted by Crippen LogP contribution is 2.22. The monoisotopic (exact) mass is 315 g/mol. The Balaban J connectivity index is 1.89. The minimum absolute atomic E-state index is 0.0503. The largest absolute Gasteiger partial charge is 0.376 e. The zero-order valence-electron chi connectivity index (χ0n) is 14.0. The van der Waals surface area contributed by atoms with Gasteiger partial charge in [0, 0.05) is 37.4 Å². The fourth-order valence-electron chi connectivity index (χ4n) is 2.67. The second-order valence-electron chi connectivity index (χ2n) is 5.91. The fraction of sp³-hybridized carbons (Fsp3) is 0.444. The molecule has 1 aromatic carbocycles. The molecule has 1 fully saturated rings. The average Bonchev–Trinajstić information content (AvgIpc) is 2.96. The summed E-state index contributed by atoms with van der Waals surface area (Å²) in [5.41, 5.74) is 2.77. The molecular formula is C18H25N3O2. The second-order valence-corrected chi connectivity index (χ2v) is 5.91. The maximum Gasteiger partial charge on any atom is 0.242 e. The third-order valence-electron chi connectivity index (χ3n) is 3.89. The van der Waals surface area contributed by atoms with Crippen molar-refractivity contribution in [3.63, 3.8) is 0 Å². The minimum atomic E-state index is 0.0503. The predicted octanol–water partition coefficient (Wildman–Crippen LogP) is 2.65. The number of amides is 2. The van der Waals surface area contributed by atoms with Gasteiger partial charge in [-0.1, -0.05) is 12.2 Å². The number of carbonyl (C=O) groups is 2. The zero-order chi connectivity index (χ0) is 16.8. The van der Waals surface area contributed by atoms with E-state index in [9.17, 15) is 9.59 Å². The van der Waals surface area contributed by atoms with Crippen LogP contribution in [0.1, 0.15) is 26.7 Å². The van der Waals surface area contributed by atoms with E-state index in [0.29, 0.717) is 19.5 Å². The normalized spacial score (nSPS) is 14.0. The predicted molar refractivity (Wildman–Crippen MR) is 93.6 cm³/mol. The Hall–Kier alpha value is -2.30. The van der Waals surface area contributed by atoms with Crippen molar-refractivity contribution in [1.82, 2.24) is 4.90 Å². The van der Waals surface area contributed by atoms with Gasteiger partial charge in [-0.3, -0.25) is 9.59 Å². The van der Waals surface area contributed by atoms with Crippen molar-refractivity contribution >= 4 is 23.2 Å². The Labute approximate surface area is 138 Å². The number of hydrogen-bond acceptors (Lipinski definition) is 3. The fourth-order valence-corrected chi connectivity index (χ4v) is 2.67. The smallest absolute Gasteiger partial charge is 0.242 e. The first kappa shape index (κ1) is 17.1. The number of nitrogens with zero attached hydrogens (tertiary/aromatic N) is 2. The van der Waals surface area contributed by atoms with Gasteiger partial charge in [-0.15, -0.1) is 0 Å². The van der Waals surface area contributed by atoms with E-state index in [1.54, 1.807) is 9.80 Å². The van der Waals surface area contributed by atoms with Crippen LogP contribution in [0.15, 0.2) is 36.4 Å². The molecule has 2 amide bonds. The molecule has 23 heavy (non-hydrogen) atoms. The summed E-state index contributed by atoms with van der Waals surface area (Å²) in [5.74, 6) is 0.230. The molecule has 1 aliphatic heterocycles. The number of carbonyl (C=O) groups excluding carboxylic acids is 2. The zero-order valence-corrected chi connectivity index (χ0v) is 14.0. The topological polar surface area (TPSA) is 52.7 Å². The van der Waals surface area contributed by atoms with Crippen molar-refractivity contribution in [2.45, 2.75) is 26.7 Å². The Morgan fingerprint density at radius 3 is 2.57 bits per heavy atom. The molecule has 1 heterocycles. The lowest BCUT2D eigenvalue weighted by atomic mass is 10.2. The Bertz CT molecular complexity index is 580. The van der Waals surface area contributed by atoms with E-state index in [1.165, 1.54) is 0 Å². The molecular weight excluding hydrogens is 290 g/mol. The molecule has 0 unspecified atom stereocenters. The van der Waals surface area contributed by atoms with Gasteiger partial charge >= 0.3 is 0 Å². The highest BCUT2D eigenvalue weighted by molar-refractivity contribution is 5.95. The molecule has 0 aliphatic carbocycles. The minimum Gasteiger partial charge on any atom is -0.376 e. The van der Waals surface area contributed by atoms with E-state index in [-0.39, 0.29) is 18.4 Å². The van der Waals surface area contributed by atoms with Crippen molar-refractivity contribution in [3.05, 3.63) is 36.4 Å². The SMILES string of the molecule is C=C(C)CN(CC)C(=O)CNc1ccc(N2CCCC2=O)cc1. The van der Waals surface area contributed by atoms with Crippen LogP contribution in [0.4, 0.5) is 11.4 Å². The standard InChI is InChI=1S/C18H25N3O2/c1-4-20(13-14(2)3)18(23)12-19-15-7-9-16(10-8-15)21-11-5-6-17(21)22/h7-10,19H,2,4-6,11-13H2,1,3H3. The van der Waals surface area contributed by atoms with Gasteiger partial charge in [-0.2, -0.15) is 0 Å². The van der Waals surface area contributed by atoms with Gasteiger partial charge in [-0.05, 0) is 44.5 Å². The Kier molecular flexibility index (Phi) is 5.79. The lowest BCUT2D eigenvalue weighted by Crippen LogP contribution is -2.36. The second kappa shape index (κ2) is 7.81. The van der Waals surface area contributed by atoms with Gasteiger partial charge in [0.25, 0.3) is 0 Å². The molecule has 5 nitrogen and oxygen atoms in total. The molecule has 0 saturated carbocycles. The van der Waals surface area contributed by atoms with Gasteiger partial charge in [0.05, 0.1) is 6.54 Å². The van der Waals surface area contributed by atoms with E-state index in [1.807, 2.05) is 38.1 Å². The van der Waals surface area contributed by atoms with Crippen LogP contribution in [-0.4, -0.2) is 42.9 Å². The summed E-state index contributed by atoms with van der Waals surface area (Å²) < 4.78 is 0. The maximum atomic E-state index is 12.2. The molecule has 124 valence electrons. The highest BCUT2D eigenvalue weighted by Gasteiger charge is 2.21. The van der Waals surface area contributed by atoms with E-state index in [0.717, 1.165) is 29.9 Å². The molecule has 0 aromatic heterocycles. The first-order valence-corrected chi connectivity index (χ1v) is 8.07.